The van der Waals surface area contributed by atoms with Gasteiger partial charge >= 0.3 is 0 Å². The van der Waals surface area contributed by atoms with E-state index in [2.05, 4.69) is 66.7 Å². The quantitative estimate of drug-likeness (QED) is 0.898. The minimum atomic E-state index is 0.450. The highest BCUT2D eigenvalue weighted by Crippen LogP contribution is 2.31. The predicted octanol–water partition coefficient (Wildman–Crippen LogP) is 4.41. The zero-order valence-electron chi connectivity index (χ0n) is 13.9. The van der Waals surface area contributed by atoms with Crippen LogP contribution in [-0.4, -0.2) is 20.6 Å². The van der Waals surface area contributed by atoms with Crippen molar-refractivity contribution in [3.8, 4) is 11.1 Å². The van der Waals surface area contributed by atoms with E-state index >= 15 is 0 Å². The van der Waals surface area contributed by atoms with Crippen molar-refractivity contribution in [3.63, 3.8) is 0 Å². The summed E-state index contributed by atoms with van der Waals surface area (Å²) in [4.78, 5) is 2.37. The van der Waals surface area contributed by atoms with Crippen molar-refractivity contribution in [2.24, 2.45) is 0 Å². The van der Waals surface area contributed by atoms with Crippen LogP contribution in [0, 0.1) is 0 Å². The van der Waals surface area contributed by atoms with Gasteiger partial charge in [0.15, 0.2) is 0 Å². The maximum Gasteiger partial charge on any atom is 0.0396 e. The Balaban J connectivity index is 1.88. The molecule has 0 saturated heterocycles. The average Bonchev–Trinajstić information content (AvgIpc) is 2.56. The van der Waals surface area contributed by atoms with Crippen LogP contribution in [0.3, 0.4) is 0 Å². The second-order valence-corrected chi connectivity index (χ2v) is 6.24. The van der Waals surface area contributed by atoms with Crippen molar-refractivity contribution in [2.45, 2.75) is 32.2 Å². The number of fused-ring (bicyclic) bond motifs is 1. The fourth-order valence-electron chi connectivity index (χ4n) is 3.48. The first-order valence-corrected chi connectivity index (χ1v) is 8.34. The lowest BCUT2D eigenvalue weighted by Crippen LogP contribution is -2.24. The molecule has 2 aromatic rings. The maximum absolute atomic E-state index is 3.37. The second kappa shape index (κ2) is 6.53. The monoisotopic (exact) mass is 294 g/mol. The molecule has 0 amide bonds. The third kappa shape index (κ3) is 2.89. The predicted molar refractivity (Wildman–Crippen MR) is 95.6 cm³/mol. The van der Waals surface area contributed by atoms with Gasteiger partial charge in [0.2, 0.25) is 0 Å². The summed E-state index contributed by atoms with van der Waals surface area (Å²) in [6.45, 7) is 3.39. The molecular weight excluding hydrogens is 268 g/mol. The van der Waals surface area contributed by atoms with Gasteiger partial charge in [0.25, 0.3) is 0 Å². The van der Waals surface area contributed by atoms with E-state index in [0.29, 0.717) is 6.04 Å². The van der Waals surface area contributed by atoms with Crippen LogP contribution in [0.2, 0.25) is 0 Å². The summed E-state index contributed by atoms with van der Waals surface area (Å²) < 4.78 is 0. The van der Waals surface area contributed by atoms with Crippen molar-refractivity contribution < 1.29 is 0 Å². The molecule has 2 aromatic carbocycles. The van der Waals surface area contributed by atoms with Gasteiger partial charge in [-0.15, -0.1) is 0 Å². The highest BCUT2D eigenvalue weighted by molar-refractivity contribution is 5.69. The van der Waals surface area contributed by atoms with Crippen LogP contribution < -0.4 is 10.2 Å². The Morgan fingerprint density at radius 3 is 2.50 bits per heavy atom. The van der Waals surface area contributed by atoms with Gasteiger partial charge in [-0.2, -0.15) is 0 Å². The minimum absolute atomic E-state index is 0.450. The van der Waals surface area contributed by atoms with Crippen LogP contribution in [0.5, 0.6) is 0 Å². The molecule has 1 aliphatic rings. The van der Waals surface area contributed by atoms with Crippen LogP contribution in [0.4, 0.5) is 5.69 Å². The van der Waals surface area contributed by atoms with Gasteiger partial charge in [0.1, 0.15) is 0 Å². The molecule has 22 heavy (non-hydrogen) atoms. The van der Waals surface area contributed by atoms with E-state index in [9.17, 15) is 0 Å². The number of benzene rings is 2. The van der Waals surface area contributed by atoms with Crippen molar-refractivity contribution in [2.75, 3.05) is 25.5 Å². The SMILES string of the molecule is CCC(NC)c1ccc(-c2ccc3c(c2)CCCN3C)cc1. The van der Waals surface area contributed by atoms with E-state index in [0.717, 1.165) is 6.42 Å². The third-order valence-electron chi connectivity index (χ3n) is 4.83. The highest BCUT2D eigenvalue weighted by atomic mass is 15.1. The lowest BCUT2D eigenvalue weighted by molar-refractivity contribution is 0.577. The molecule has 0 aromatic heterocycles. The van der Waals surface area contributed by atoms with E-state index in [-0.39, 0.29) is 0 Å². The summed E-state index contributed by atoms with van der Waals surface area (Å²) in [7, 11) is 4.22. The first-order valence-electron chi connectivity index (χ1n) is 8.34. The topological polar surface area (TPSA) is 15.3 Å². The number of anilines is 1. The number of hydrogen-bond donors (Lipinski definition) is 1. The molecule has 116 valence electrons. The molecule has 2 heteroatoms. The van der Waals surface area contributed by atoms with E-state index in [1.807, 2.05) is 7.05 Å². The highest BCUT2D eigenvalue weighted by Gasteiger charge is 2.14. The number of nitrogens with zero attached hydrogens (tertiary/aromatic N) is 1. The van der Waals surface area contributed by atoms with Crippen molar-refractivity contribution in [3.05, 3.63) is 53.6 Å². The average molecular weight is 294 g/mol. The molecule has 1 aliphatic heterocycles. The van der Waals surface area contributed by atoms with Crippen LogP contribution in [0.15, 0.2) is 42.5 Å². The Hall–Kier alpha value is -1.80. The first-order chi connectivity index (χ1) is 10.7. The fraction of sp³-hybridized carbons (Fsp3) is 0.400. The minimum Gasteiger partial charge on any atom is -0.374 e. The van der Waals surface area contributed by atoms with Crippen LogP contribution in [0.1, 0.15) is 36.9 Å². The molecule has 1 heterocycles. The van der Waals surface area contributed by atoms with Crippen molar-refractivity contribution >= 4 is 5.69 Å². The summed E-state index contributed by atoms with van der Waals surface area (Å²) in [5.41, 5.74) is 6.89. The molecule has 2 nitrogen and oxygen atoms in total. The summed E-state index contributed by atoms with van der Waals surface area (Å²) in [5, 5.41) is 3.37. The number of hydrogen-bond acceptors (Lipinski definition) is 2. The van der Waals surface area contributed by atoms with Crippen LogP contribution >= 0.6 is 0 Å². The van der Waals surface area contributed by atoms with Gasteiger partial charge in [-0.3, -0.25) is 0 Å². The smallest absolute Gasteiger partial charge is 0.0396 e. The lowest BCUT2D eigenvalue weighted by atomic mass is 9.95. The Labute approximate surface area is 134 Å². The van der Waals surface area contributed by atoms with Crippen molar-refractivity contribution in [1.82, 2.24) is 5.32 Å². The van der Waals surface area contributed by atoms with Gasteiger partial charge in [-0.1, -0.05) is 37.3 Å². The molecule has 0 radical (unpaired) electrons. The van der Waals surface area contributed by atoms with Crippen molar-refractivity contribution in [1.29, 1.82) is 0 Å². The zero-order chi connectivity index (χ0) is 15.5. The molecular formula is C20H26N2. The molecule has 1 atom stereocenters. The van der Waals surface area contributed by atoms with Gasteiger partial charge in [-0.25, -0.2) is 0 Å². The Morgan fingerprint density at radius 2 is 1.82 bits per heavy atom. The van der Waals surface area contributed by atoms with E-state index in [1.165, 1.54) is 47.3 Å². The maximum atomic E-state index is 3.37. The largest absolute Gasteiger partial charge is 0.374 e. The van der Waals surface area contributed by atoms with Gasteiger partial charge in [0, 0.05) is 25.3 Å². The molecule has 0 saturated carbocycles. The van der Waals surface area contributed by atoms with Gasteiger partial charge in [-0.05, 0) is 60.7 Å². The van der Waals surface area contributed by atoms with E-state index in [4.69, 9.17) is 0 Å². The molecule has 3 rings (SSSR count). The standard InChI is InChI=1S/C20H26N2/c1-4-19(21-2)16-9-7-15(8-10-16)17-11-12-20-18(14-17)6-5-13-22(20)3/h7-12,14,19,21H,4-6,13H2,1-3H3. The third-order valence-corrected chi connectivity index (χ3v) is 4.83. The second-order valence-electron chi connectivity index (χ2n) is 6.24. The normalized spacial score (nSPS) is 15.5. The molecule has 0 spiro atoms. The summed E-state index contributed by atoms with van der Waals surface area (Å²) >= 11 is 0. The Bertz CT molecular complexity index is 627. The first kappa shape index (κ1) is 15.1. The zero-order valence-corrected chi connectivity index (χ0v) is 13.9. The summed E-state index contributed by atoms with van der Waals surface area (Å²) in [6, 6.07) is 16.4. The number of nitrogens with one attached hydrogen (secondary N) is 1. The summed E-state index contributed by atoms with van der Waals surface area (Å²) in [5.74, 6) is 0. The summed E-state index contributed by atoms with van der Waals surface area (Å²) in [6.07, 6.45) is 3.57. The molecule has 1 unspecified atom stereocenters. The Morgan fingerprint density at radius 1 is 1.09 bits per heavy atom. The van der Waals surface area contributed by atoms with Gasteiger partial charge < -0.3 is 10.2 Å². The fourth-order valence-corrected chi connectivity index (χ4v) is 3.48. The number of rotatable bonds is 4. The molecule has 0 fully saturated rings. The molecule has 0 aliphatic carbocycles. The van der Waals surface area contributed by atoms with E-state index < -0.39 is 0 Å². The van der Waals surface area contributed by atoms with Crippen LogP contribution in [0.25, 0.3) is 11.1 Å². The van der Waals surface area contributed by atoms with E-state index in [1.54, 1.807) is 0 Å². The van der Waals surface area contributed by atoms with Gasteiger partial charge in [0.05, 0.1) is 0 Å². The lowest BCUT2D eigenvalue weighted by Gasteiger charge is -2.28. The Kier molecular flexibility index (Phi) is 4.49. The number of aryl methyl sites for hydroxylation is 1. The molecule has 0 bridgehead atoms. The molecule has 1 N–H and O–H groups in total. The van der Waals surface area contributed by atoms with Crippen LogP contribution in [-0.2, 0) is 6.42 Å².